The third kappa shape index (κ3) is 3.60. The molecule has 0 bridgehead atoms. The summed E-state index contributed by atoms with van der Waals surface area (Å²) >= 11 is 0. The molecule has 1 aliphatic heterocycles. The summed E-state index contributed by atoms with van der Waals surface area (Å²) in [5.74, 6) is 1.87. The predicted octanol–water partition coefficient (Wildman–Crippen LogP) is 2.99. The van der Waals surface area contributed by atoms with Crippen molar-refractivity contribution in [3.05, 3.63) is 17.7 Å². The van der Waals surface area contributed by atoms with Gasteiger partial charge in [-0.05, 0) is 32.7 Å². The van der Waals surface area contributed by atoms with Crippen molar-refractivity contribution in [1.82, 2.24) is 9.88 Å². The van der Waals surface area contributed by atoms with Gasteiger partial charge in [0.25, 0.3) is 0 Å². The SMILES string of the molecule is CCOc1oc(C2=CCCN(C)C2)nc1CC(C)C. The highest BCUT2D eigenvalue weighted by molar-refractivity contribution is 5.61. The van der Waals surface area contributed by atoms with Gasteiger partial charge in [-0.1, -0.05) is 19.9 Å². The molecular formula is C15H24N2O2. The molecule has 0 atom stereocenters. The average molecular weight is 264 g/mol. The normalized spacial score (nSPS) is 16.8. The molecule has 0 saturated carbocycles. The second-order valence-electron chi connectivity index (χ2n) is 5.54. The van der Waals surface area contributed by atoms with Crippen LogP contribution in [-0.4, -0.2) is 36.6 Å². The maximum Gasteiger partial charge on any atom is 0.308 e. The Bertz CT molecular complexity index is 449. The van der Waals surface area contributed by atoms with Crippen molar-refractivity contribution >= 4 is 5.57 Å². The Labute approximate surface area is 115 Å². The van der Waals surface area contributed by atoms with Gasteiger partial charge in [-0.2, -0.15) is 0 Å². The highest BCUT2D eigenvalue weighted by Gasteiger charge is 2.20. The molecule has 19 heavy (non-hydrogen) atoms. The van der Waals surface area contributed by atoms with Gasteiger partial charge in [0.05, 0.1) is 6.61 Å². The zero-order chi connectivity index (χ0) is 13.8. The van der Waals surface area contributed by atoms with Crippen molar-refractivity contribution in [3.63, 3.8) is 0 Å². The molecule has 0 spiro atoms. The molecular weight excluding hydrogens is 240 g/mol. The molecule has 1 aromatic rings. The van der Waals surface area contributed by atoms with Gasteiger partial charge in [-0.3, -0.25) is 0 Å². The standard InChI is InChI=1S/C15H24N2O2/c1-5-18-15-13(9-11(2)3)16-14(19-15)12-7-6-8-17(4)10-12/h7,11H,5-6,8-10H2,1-4H3. The highest BCUT2D eigenvalue weighted by Crippen LogP contribution is 2.28. The zero-order valence-electron chi connectivity index (χ0n) is 12.4. The van der Waals surface area contributed by atoms with E-state index in [4.69, 9.17) is 9.15 Å². The number of rotatable bonds is 5. The lowest BCUT2D eigenvalue weighted by atomic mass is 10.1. The Morgan fingerprint density at radius 2 is 2.26 bits per heavy atom. The highest BCUT2D eigenvalue weighted by atomic mass is 16.6. The predicted molar refractivity (Wildman–Crippen MR) is 76.3 cm³/mol. The second-order valence-corrected chi connectivity index (χ2v) is 5.54. The van der Waals surface area contributed by atoms with Crippen LogP contribution in [0, 0.1) is 5.92 Å². The monoisotopic (exact) mass is 264 g/mol. The molecule has 0 N–H and O–H groups in total. The fourth-order valence-corrected chi connectivity index (χ4v) is 2.28. The summed E-state index contributed by atoms with van der Waals surface area (Å²) in [6.45, 7) is 8.93. The van der Waals surface area contributed by atoms with Crippen LogP contribution in [0.15, 0.2) is 10.5 Å². The van der Waals surface area contributed by atoms with E-state index in [9.17, 15) is 0 Å². The average Bonchev–Trinajstić information content (AvgIpc) is 2.72. The maximum atomic E-state index is 5.82. The van der Waals surface area contributed by atoms with Gasteiger partial charge in [0.15, 0.2) is 0 Å². The largest absolute Gasteiger partial charge is 0.464 e. The Hall–Kier alpha value is -1.29. The number of hydrogen-bond acceptors (Lipinski definition) is 4. The van der Waals surface area contributed by atoms with Gasteiger partial charge in [0.2, 0.25) is 5.89 Å². The molecule has 4 nitrogen and oxygen atoms in total. The first-order chi connectivity index (χ1) is 9.10. The minimum atomic E-state index is 0.542. The number of nitrogens with zero attached hydrogens (tertiary/aromatic N) is 2. The van der Waals surface area contributed by atoms with Crippen molar-refractivity contribution in [2.75, 3.05) is 26.7 Å². The van der Waals surface area contributed by atoms with Crippen LogP contribution in [-0.2, 0) is 6.42 Å². The van der Waals surface area contributed by atoms with Crippen LogP contribution < -0.4 is 4.74 Å². The van der Waals surface area contributed by atoms with E-state index < -0.39 is 0 Å². The van der Waals surface area contributed by atoms with Crippen molar-refractivity contribution < 1.29 is 9.15 Å². The lowest BCUT2D eigenvalue weighted by Crippen LogP contribution is -2.25. The van der Waals surface area contributed by atoms with E-state index in [1.807, 2.05) is 6.92 Å². The van der Waals surface area contributed by atoms with Gasteiger partial charge in [0, 0.05) is 18.7 Å². The molecule has 0 fully saturated rings. The van der Waals surface area contributed by atoms with Crippen molar-refractivity contribution in [2.24, 2.45) is 5.92 Å². The van der Waals surface area contributed by atoms with Gasteiger partial charge in [-0.15, -0.1) is 0 Å². The molecule has 4 heteroatoms. The van der Waals surface area contributed by atoms with Crippen LogP contribution in [0.1, 0.15) is 38.8 Å². The second kappa shape index (κ2) is 6.24. The van der Waals surface area contributed by atoms with Crippen LogP contribution in [0.5, 0.6) is 5.95 Å². The van der Waals surface area contributed by atoms with Gasteiger partial charge < -0.3 is 14.1 Å². The Kier molecular flexibility index (Phi) is 4.64. The third-order valence-electron chi connectivity index (χ3n) is 3.16. The van der Waals surface area contributed by atoms with E-state index in [-0.39, 0.29) is 0 Å². The number of oxazole rings is 1. The number of hydrogen-bond donors (Lipinski definition) is 0. The molecule has 2 heterocycles. The van der Waals surface area contributed by atoms with E-state index in [1.54, 1.807) is 0 Å². The third-order valence-corrected chi connectivity index (χ3v) is 3.16. The summed E-state index contributed by atoms with van der Waals surface area (Å²) in [6, 6.07) is 0. The van der Waals surface area contributed by atoms with E-state index >= 15 is 0 Å². The molecule has 0 unspecified atom stereocenters. The van der Waals surface area contributed by atoms with E-state index in [0.717, 1.165) is 37.5 Å². The minimum Gasteiger partial charge on any atom is -0.464 e. The first kappa shape index (κ1) is 14.1. The van der Waals surface area contributed by atoms with E-state index in [2.05, 4.69) is 36.9 Å². The van der Waals surface area contributed by atoms with Crippen LogP contribution in [0.2, 0.25) is 0 Å². The summed E-state index contributed by atoms with van der Waals surface area (Å²) in [7, 11) is 2.12. The first-order valence-electron chi connectivity index (χ1n) is 7.10. The number of aromatic nitrogens is 1. The fourth-order valence-electron chi connectivity index (χ4n) is 2.28. The maximum absolute atomic E-state index is 5.82. The van der Waals surface area contributed by atoms with E-state index in [1.165, 1.54) is 5.57 Å². The van der Waals surface area contributed by atoms with Crippen molar-refractivity contribution in [1.29, 1.82) is 0 Å². The summed E-state index contributed by atoms with van der Waals surface area (Å²) in [5, 5.41) is 0. The fraction of sp³-hybridized carbons (Fsp3) is 0.667. The summed E-state index contributed by atoms with van der Waals surface area (Å²) < 4.78 is 11.4. The topological polar surface area (TPSA) is 38.5 Å². The Morgan fingerprint density at radius 3 is 2.89 bits per heavy atom. The van der Waals surface area contributed by atoms with Crippen LogP contribution in [0.3, 0.4) is 0 Å². The lowest BCUT2D eigenvalue weighted by Gasteiger charge is -2.20. The molecule has 2 rings (SSSR count). The number of likely N-dealkylation sites (N-methyl/N-ethyl adjacent to an activating group) is 1. The Morgan fingerprint density at radius 1 is 1.47 bits per heavy atom. The first-order valence-corrected chi connectivity index (χ1v) is 7.10. The number of ether oxygens (including phenoxy) is 1. The smallest absolute Gasteiger partial charge is 0.308 e. The minimum absolute atomic E-state index is 0.542. The summed E-state index contributed by atoms with van der Waals surface area (Å²) in [6.07, 6.45) is 4.17. The molecule has 0 saturated heterocycles. The molecule has 0 amide bonds. The van der Waals surface area contributed by atoms with Crippen molar-refractivity contribution in [2.45, 2.75) is 33.6 Å². The van der Waals surface area contributed by atoms with Crippen LogP contribution >= 0.6 is 0 Å². The molecule has 1 aliphatic rings. The van der Waals surface area contributed by atoms with Crippen molar-refractivity contribution in [3.8, 4) is 5.95 Å². The van der Waals surface area contributed by atoms with Crippen LogP contribution in [0.4, 0.5) is 0 Å². The van der Waals surface area contributed by atoms with Gasteiger partial charge in [-0.25, -0.2) is 4.98 Å². The molecule has 106 valence electrons. The summed E-state index contributed by atoms with van der Waals surface area (Å²) in [5.41, 5.74) is 2.12. The quantitative estimate of drug-likeness (QED) is 0.819. The molecule has 0 radical (unpaired) electrons. The molecule has 0 aromatic carbocycles. The van der Waals surface area contributed by atoms with Gasteiger partial charge >= 0.3 is 5.95 Å². The Balaban J connectivity index is 2.23. The zero-order valence-corrected chi connectivity index (χ0v) is 12.4. The van der Waals surface area contributed by atoms with Gasteiger partial charge in [0.1, 0.15) is 5.69 Å². The molecule has 1 aromatic heterocycles. The van der Waals surface area contributed by atoms with E-state index in [0.29, 0.717) is 18.5 Å². The molecule has 0 aliphatic carbocycles. The lowest BCUT2D eigenvalue weighted by molar-refractivity contribution is 0.250. The van der Waals surface area contributed by atoms with Crippen LogP contribution in [0.25, 0.3) is 5.57 Å². The summed E-state index contributed by atoms with van der Waals surface area (Å²) in [4.78, 5) is 6.92.